The predicted molar refractivity (Wildman–Crippen MR) is 113 cm³/mol. The molecule has 15 heteroatoms. The molecule has 3 aliphatic heterocycles. The molecule has 1 aromatic carbocycles. The molecule has 3 aliphatic rings. The van der Waals surface area contributed by atoms with Crippen LogP contribution in [0.25, 0.3) is 0 Å². The molecular weight excluding hydrogens is 521 g/mol. The van der Waals surface area contributed by atoms with Gasteiger partial charge in [0.1, 0.15) is 5.82 Å². The Hall–Kier alpha value is -2.49. The van der Waals surface area contributed by atoms with E-state index in [-0.39, 0.29) is 11.2 Å². The molecule has 0 saturated carbocycles. The van der Waals surface area contributed by atoms with Crippen LogP contribution in [0.2, 0.25) is 0 Å². The van der Waals surface area contributed by atoms with Gasteiger partial charge in [-0.15, -0.1) is 0 Å². The fraction of sp³-hybridized carbons (Fsp3) is 0.636. The third-order valence-electron chi connectivity index (χ3n) is 6.07. The van der Waals surface area contributed by atoms with Crippen LogP contribution >= 0.6 is 0 Å². The van der Waals surface area contributed by atoms with Crippen LogP contribution in [0, 0.1) is 17.2 Å². The number of halogens is 7. The van der Waals surface area contributed by atoms with Crippen molar-refractivity contribution in [2.45, 2.75) is 18.9 Å². The van der Waals surface area contributed by atoms with Crippen molar-refractivity contribution in [2.24, 2.45) is 11.3 Å². The number of nitrogens with zero attached hydrogens (tertiary/aromatic N) is 2. The van der Waals surface area contributed by atoms with Crippen molar-refractivity contribution in [1.29, 1.82) is 0 Å². The van der Waals surface area contributed by atoms with Crippen LogP contribution in [0.15, 0.2) is 24.3 Å². The SMILES string of the molecule is Fc1ccccc1CN1C[C@@H]2COC[C@]2(CN2CCOCC2)C1.O=C(O)C(F)(F)F.O=C(O)C(F)(F)F. The summed E-state index contributed by atoms with van der Waals surface area (Å²) in [5, 5.41) is 14.2. The third-order valence-corrected chi connectivity index (χ3v) is 6.07. The monoisotopic (exact) mass is 548 g/mol. The van der Waals surface area contributed by atoms with E-state index >= 15 is 0 Å². The highest BCUT2D eigenvalue weighted by Crippen LogP contribution is 2.42. The number of rotatable bonds is 4. The second-order valence-electron chi connectivity index (χ2n) is 8.83. The van der Waals surface area contributed by atoms with E-state index in [0.29, 0.717) is 12.5 Å². The first kappa shape index (κ1) is 30.7. The summed E-state index contributed by atoms with van der Waals surface area (Å²) in [5.74, 6) is -5.04. The number of hydrogen-bond donors (Lipinski definition) is 2. The summed E-state index contributed by atoms with van der Waals surface area (Å²) in [7, 11) is 0. The van der Waals surface area contributed by atoms with Crippen molar-refractivity contribution in [3.63, 3.8) is 0 Å². The minimum absolute atomic E-state index is 0.0944. The lowest BCUT2D eigenvalue weighted by Crippen LogP contribution is -2.47. The van der Waals surface area contributed by atoms with Gasteiger partial charge in [0.05, 0.1) is 26.4 Å². The molecule has 0 radical (unpaired) electrons. The maximum atomic E-state index is 13.9. The van der Waals surface area contributed by atoms with Crippen LogP contribution in [0.4, 0.5) is 30.7 Å². The molecule has 2 atom stereocenters. The van der Waals surface area contributed by atoms with E-state index in [9.17, 15) is 30.7 Å². The van der Waals surface area contributed by atoms with Gasteiger partial charge in [0.15, 0.2) is 0 Å². The second kappa shape index (κ2) is 12.8. The number of likely N-dealkylation sites (tertiary alicyclic amines) is 1. The highest BCUT2D eigenvalue weighted by molar-refractivity contribution is 5.73. The third kappa shape index (κ3) is 9.39. The zero-order valence-corrected chi connectivity index (χ0v) is 19.5. The summed E-state index contributed by atoms with van der Waals surface area (Å²) >= 11 is 0. The molecule has 0 unspecified atom stereocenters. The molecule has 3 saturated heterocycles. The molecule has 0 bridgehead atoms. The van der Waals surface area contributed by atoms with E-state index in [2.05, 4.69) is 9.80 Å². The van der Waals surface area contributed by atoms with E-state index in [1.165, 1.54) is 0 Å². The molecule has 0 amide bonds. The Morgan fingerprint density at radius 2 is 1.49 bits per heavy atom. The van der Waals surface area contributed by atoms with E-state index < -0.39 is 24.3 Å². The summed E-state index contributed by atoms with van der Waals surface area (Å²) in [6.07, 6.45) is -10.2. The minimum Gasteiger partial charge on any atom is -0.475 e. The van der Waals surface area contributed by atoms with E-state index in [1.807, 2.05) is 12.1 Å². The van der Waals surface area contributed by atoms with Gasteiger partial charge in [-0.1, -0.05) is 18.2 Å². The van der Waals surface area contributed by atoms with Crippen LogP contribution in [0.3, 0.4) is 0 Å². The fourth-order valence-electron chi connectivity index (χ4n) is 4.36. The molecule has 210 valence electrons. The van der Waals surface area contributed by atoms with Gasteiger partial charge in [-0.2, -0.15) is 26.3 Å². The number of ether oxygens (including phenoxy) is 2. The average molecular weight is 548 g/mol. The first-order valence-corrected chi connectivity index (χ1v) is 11.1. The summed E-state index contributed by atoms with van der Waals surface area (Å²) < 4.78 is 88.7. The predicted octanol–water partition coefficient (Wildman–Crippen LogP) is 2.87. The summed E-state index contributed by atoms with van der Waals surface area (Å²) in [4.78, 5) is 22.7. The quantitative estimate of drug-likeness (QED) is 0.555. The zero-order valence-electron chi connectivity index (χ0n) is 19.5. The Bertz CT molecular complexity index is 884. The van der Waals surface area contributed by atoms with Crippen molar-refractivity contribution in [1.82, 2.24) is 9.80 Å². The van der Waals surface area contributed by atoms with Gasteiger partial charge in [0.25, 0.3) is 0 Å². The molecule has 4 rings (SSSR count). The maximum Gasteiger partial charge on any atom is 0.490 e. The number of alkyl halides is 6. The van der Waals surface area contributed by atoms with Crippen LogP contribution in [0.1, 0.15) is 5.56 Å². The number of hydrogen-bond acceptors (Lipinski definition) is 6. The minimum atomic E-state index is -5.08. The highest BCUT2D eigenvalue weighted by Gasteiger charge is 2.51. The number of morpholine rings is 1. The van der Waals surface area contributed by atoms with Crippen molar-refractivity contribution in [2.75, 3.05) is 59.2 Å². The number of fused-ring (bicyclic) bond motifs is 1. The van der Waals surface area contributed by atoms with Gasteiger partial charge in [0, 0.05) is 56.2 Å². The number of benzene rings is 1. The average Bonchev–Trinajstić information content (AvgIpc) is 3.32. The zero-order chi connectivity index (χ0) is 27.9. The Morgan fingerprint density at radius 3 is 2.00 bits per heavy atom. The van der Waals surface area contributed by atoms with E-state index in [0.717, 1.165) is 64.7 Å². The van der Waals surface area contributed by atoms with Gasteiger partial charge in [0.2, 0.25) is 0 Å². The Balaban J connectivity index is 0.000000286. The summed E-state index contributed by atoms with van der Waals surface area (Å²) in [5.41, 5.74) is 1.01. The normalized spacial score (nSPS) is 24.4. The lowest BCUT2D eigenvalue weighted by Gasteiger charge is -2.36. The van der Waals surface area contributed by atoms with Crippen LogP contribution in [-0.4, -0.2) is 103 Å². The summed E-state index contributed by atoms with van der Waals surface area (Å²) in [6.45, 7) is 9.18. The molecule has 1 aromatic rings. The standard InChI is InChI=1S/C18H25FN2O2.2C2HF3O2/c19-17-4-2-1-3-15(17)9-21-10-16-11-23-14-18(16,13-21)12-20-5-7-22-8-6-20;2*3-2(4,5)1(6)7/h1-4,16H,5-14H2;2*(H,6,7)/t16-,18+;;/m1../s1. The Labute approximate surface area is 207 Å². The number of carboxylic acids is 2. The van der Waals surface area contributed by atoms with Gasteiger partial charge < -0.3 is 19.7 Å². The lowest BCUT2D eigenvalue weighted by atomic mass is 9.80. The Morgan fingerprint density at radius 1 is 0.946 bits per heavy atom. The molecule has 37 heavy (non-hydrogen) atoms. The molecular formula is C22H27F7N2O6. The molecule has 3 heterocycles. The van der Waals surface area contributed by atoms with Crippen LogP contribution in [0.5, 0.6) is 0 Å². The van der Waals surface area contributed by atoms with Crippen molar-refractivity contribution >= 4 is 11.9 Å². The molecule has 8 nitrogen and oxygen atoms in total. The Kier molecular flexibility index (Phi) is 10.7. The largest absolute Gasteiger partial charge is 0.490 e. The van der Waals surface area contributed by atoms with Crippen LogP contribution in [-0.2, 0) is 25.6 Å². The molecule has 3 fully saturated rings. The van der Waals surface area contributed by atoms with Crippen LogP contribution < -0.4 is 0 Å². The van der Waals surface area contributed by atoms with Gasteiger partial charge in [-0.3, -0.25) is 9.80 Å². The smallest absolute Gasteiger partial charge is 0.475 e. The highest BCUT2D eigenvalue weighted by atomic mass is 19.4. The topological polar surface area (TPSA) is 99.5 Å². The van der Waals surface area contributed by atoms with Gasteiger partial charge in [-0.05, 0) is 6.07 Å². The molecule has 0 aliphatic carbocycles. The fourth-order valence-corrected chi connectivity index (χ4v) is 4.36. The van der Waals surface area contributed by atoms with Crippen molar-refractivity contribution in [3.05, 3.63) is 35.6 Å². The number of carboxylic acid groups (broad SMARTS) is 2. The van der Waals surface area contributed by atoms with Gasteiger partial charge >= 0.3 is 24.3 Å². The van der Waals surface area contributed by atoms with Gasteiger partial charge in [-0.25, -0.2) is 14.0 Å². The summed E-state index contributed by atoms with van der Waals surface area (Å²) in [6, 6.07) is 7.13. The number of aliphatic carboxylic acids is 2. The maximum absolute atomic E-state index is 13.9. The number of carbonyl (C=O) groups is 2. The molecule has 2 N–H and O–H groups in total. The first-order chi connectivity index (χ1) is 17.1. The van der Waals surface area contributed by atoms with E-state index in [4.69, 9.17) is 29.3 Å². The van der Waals surface area contributed by atoms with Crippen molar-refractivity contribution in [3.8, 4) is 0 Å². The lowest BCUT2D eigenvalue weighted by molar-refractivity contribution is -0.193. The molecule has 0 aromatic heterocycles. The first-order valence-electron chi connectivity index (χ1n) is 11.1. The van der Waals surface area contributed by atoms with E-state index in [1.54, 1.807) is 12.1 Å². The molecule has 0 spiro atoms. The van der Waals surface area contributed by atoms with Crippen molar-refractivity contribution < 1.29 is 60.0 Å². The second-order valence-corrected chi connectivity index (χ2v) is 8.83.